The van der Waals surface area contributed by atoms with E-state index in [0.29, 0.717) is 38.0 Å². The van der Waals surface area contributed by atoms with E-state index in [9.17, 15) is 14.4 Å². The average Bonchev–Trinajstić information content (AvgIpc) is 2.75. The maximum atomic E-state index is 12.5. The first-order valence-corrected chi connectivity index (χ1v) is 11.0. The number of carbonyl (C=O) groups is 3. The van der Waals surface area contributed by atoms with E-state index in [2.05, 4.69) is 10.6 Å². The minimum atomic E-state index is -0.131. The fourth-order valence-corrected chi connectivity index (χ4v) is 3.69. The third-order valence-electron chi connectivity index (χ3n) is 5.51. The van der Waals surface area contributed by atoms with Crippen LogP contribution >= 0.6 is 0 Å². The van der Waals surface area contributed by atoms with Crippen molar-refractivity contribution in [1.29, 1.82) is 0 Å². The molecule has 0 heterocycles. The Labute approximate surface area is 180 Å². The summed E-state index contributed by atoms with van der Waals surface area (Å²) in [6, 6.07) is 7.54. The van der Waals surface area contributed by atoms with Crippen LogP contribution in [0.1, 0.15) is 67.8 Å². The summed E-state index contributed by atoms with van der Waals surface area (Å²) in [7, 11) is 3.45. The van der Waals surface area contributed by atoms with Crippen molar-refractivity contribution in [3.05, 3.63) is 35.4 Å². The molecule has 0 spiro atoms. The van der Waals surface area contributed by atoms with E-state index >= 15 is 0 Å². The summed E-state index contributed by atoms with van der Waals surface area (Å²) < 4.78 is 0. The van der Waals surface area contributed by atoms with Gasteiger partial charge in [-0.1, -0.05) is 31.4 Å². The standard InChI is InChI=1S/C23H36N4O3/c1-4-27(17-18-12-14-19(15-13-18)22(29)26(2)3)21(28)11-8-16-24-23(30)25-20-9-6-5-7-10-20/h12-15,20H,4-11,16-17H2,1-3H3,(H2,24,25,30). The number of amides is 4. The molecule has 4 amide bonds. The molecule has 1 aromatic rings. The molecule has 0 bridgehead atoms. The van der Waals surface area contributed by atoms with Crippen molar-refractivity contribution in [2.45, 2.75) is 64.5 Å². The molecule has 0 aromatic heterocycles. The van der Waals surface area contributed by atoms with Crippen LogP contribution in [0.3, 0.4) is 0 Å². The summed E-state index contributed by atoms with van der Waals surface area (Å²) >= 11 is 0. The van der Waals surface area contributed by atoms with Crippen LogP contribution in [0.2, 0.25) is 0 Å². The fourth-order valence-electron chi connectivity index (χ4n) is 3.69. The average molecular weight is 417 g/mol. The van der Waals surface area contributed by atoms with E-state index in [1.54, 1.807) is 36.0 Å². The van der Waals surface area contributed by atoms with E-state index in [-0.39, 0.29) is 23.9 Å². The monoisotopic (exact) mass is 416 g/mol. The lowest BCUT2D eigenvalue weighted by atomic mass is 9.96. The molecule has 0 atom stereocenters. The number of hydrogen-bond donors (Lipinski definition) is 2. The summed E-state index contributed by atoms with van der Waals surface area (Å²) in [5, 5.41) is 5.88. The van der Waals surface area contributed by atoms with Gasteiger partial charge in [-0.3, -0.25) is 9.59 Å². The van der Waals surface area contributed by atoms with Crippen molar-refractivity contribution < 1.29 is 14.4 Å². The molecule has 0 saturated heterocycles. The Kier molecular flexibility index (Phi) is 9.64. The molecule has 0 radical (unpaired) electrons. The summed E-state index contributed by atoms with van der Waals surface area (Å²) in [5.41, 5.74) is 1.63. The zero-order valence-electron chi connectivity index (χ0n) is 18.6. The van der Waals surface area contributed by atoms with E-state index in [1.165, 1.54) is 19.3 Å². The first kappa shape index (κ1) is 23.7. The maximum Gasteiger partial charge on any atom is 0.315 e. The quantitative estimate of drug-likeness (QED) is 0.607. The van der Waals surface area contributed by atoms with E-state index < -0.39 is 0 Å². The highest BCUT2D eigenvalue weighted by Crippen LogP contribution is 2.17. The Hall–Kier alpha value is -2.57. The van der Waals surface area contributed by atoms with Gasteiger partial charge in [-0.05, 0) is 43.9 Å². The van der Waals surface area contributed by atoms with Crippen LogP contribution in [0.4, 0.5) is 4.79 Å². The highest BCUT2D eigenvalue weighted by Gasteiger charge is 2.16. The summed E-state index contributed by atoms with van der Waals surface area (Å²) in [5.74, 6) is 0.0328. The molecule has 1 aromatic carbocycles. The molecule has 1 aliphatic carbocycles. The van der Waals surface area contributed by atoms with Gasteiger partial charge in [0.1, 0.15) is 0 Å². The molecular formula is C23H36N4O3. The molecule has 2 rings (SSSR count). The molecule has 7 heteroatoms. The van der Waals surface area contributed by atoms with Crippen molar-refractivity contribution >= 4 is 17.8 Å². The zero-order valence-corrected chi connectivity index (χ0v) is 18.6. The molecule has 7 nitrogen and oxygen atoms in total. The molecule has 30 heavy (non-hydrogen) atoms. The highest BCUT2D eigenvalue weighted by molar-refractivity contribution is 5.93. The van der Waals surface area contributed by atoms with Crippen LogP contribution in [0, 0.1) is 0 Å². The molecule has 1 aliphatic rings. The second-order valence-electron chi connectivity index (χ2n) is 8.14. The van der Waals surface area contributed by atoms with Gasteiger partial charge in [0.05, 0.1) is 0 Å². The Morgan fingerprint density at radius 2 is 1.70 bits per heavy atom. The van der Waals surface area contributed by atoms with Gasteiger partial charge in [0.25, 0.3) is 5.91 Å². The third-order valence-corrected chi connectivity index (χ3v) is 5.51. The van der Waals surface area contributed by atoms with Gasteiger partial charge < -0.3 is 20.4 Å². The Morgan fingerprint density at radius 1 is 1.03 bits per heavy atom. The molecule has 2 N–H and O–H groups in total. The topological polar surface area (TPSA) is 81.8 Å². The number of urea groups is 1. The predicted molar refractivity (Wildman–Crippen MR) is 118 cm³/mol. The van der Waals surface area contributed by atoms with Gasteiger partial charge in [0.15, 0.2) is 0 Å². The lowest BCUT2D eigenvalue weighted by molar-refractivity contribution is -0.131. The third kappa shape index (κ3) is 7.69. The molecule has 166 valence electrons. The Balaban J connectivity index is 1.71. The van der Waals surface area contributed by atoms with Gasteiger partial charge in [-0.15, -0.1) is 0 Å². The van der Waals surface area contributed by atoms with Crippen molar-refractivity contribution in [2.75, 3.05) is 27.2 Å². The minimum Gasteiger partial charge on any atom is -0.345 e. The molecule has 0 aliphatic heterocycles. The SMILES string of the molecule is CCN(Cc1ccc(C(=O)N(C)C)cc1)C(=O)CCCNC(=O)NC1CCCCC1. The summed E-state index contributed by atoms with van der Waals surface area (Å²) in [6.45, 7) is 3.58. The first-order chi connectivity index (χ1) is 14.4. The number of benzene rings is 1. The van der Waals surface area contributed by atoms with Crippen LogP contribution in [0.25, 0.3) is 0 Å². The lowest BCUT2D eigenvalue weighted by Gasteiger charge is -2.23. The normalized spacial score (nSPS) is 14.1. The number of nitrogens with one attached hydrogen (secondary N) is 2. The number of rotatable bonds is 9. The van der Waals surface area contributed by atoms with Crippen LogP contribution in [0.5, 0.6) is 0 Å². The van der Waals surface area contributed by atoms with Crippen LogP contribution in [0.15, 0.2) is 24.3 Å². The lowest BCUT2D eigenvalue weighted by Crippen LogP contribution is -2.43. The molecule has 1 fully saturated rings. The van der Waals surface area contributed by atoms with Gasteiger partial charge in [-0.25, -0.2) is 4.79 Å². The predicted octanol–water partition coefficient (Wildman–Crippen LogP) is 3.15. The van der Waals surface area contributed by atoms with Crippen molar-refractivity contribution in [3.8, 4) is 0 Å². The second-order valence-corrected chi connectivity index (χ2v) is 8.14. The minimum absolute atomic E-state index is 0.0370. The van der Waals surface area contributed by atoms with Crippen molar-refractivity contribution in [1.82, 2.24) is 20.4 Å². The van der Waals surface area contributed by atoms with E-state index in [4.69, 9.17) is 0 Å². The van der Waals surface area contributed by atoms with Crippen LogP contribution in [-0.4, -0.2) is 60.9 Å². The molecule has 0 unspecified atom stereocenters. The largest absolute Gasteiger partial charge is 0.345 e. The second kappa shape index (κ2) is 12.2. The fraction of sp³-hybridized carbons (Fsp3) is 0.609. The Bertz CT molecular complexity index is 697. The highest BCUT2D eigenvalue weighted by atomic mass is 16.2. The summed E-state index contributed by atoms with van der Waals surface area (Å²) in [4.78, 5) is 39.8. The maximum absolute atomic E-state index is 12.5. The van der Waals surface area contributed by atoms with E-state index in [1.807, 2.05) is 19.1 Å². The number of nitrogens with zero attached hydrogens (tertiary/aromatic N) is 2. The van der Waals surface area contributed by atoms with Crippen LogP contribution < -0.4 is 10.6 Å². The summed E-state index contributed by atoms with van der Waals surface area (Å²) in [6.07, 6.45) is 6.75. The Morgan fingerprint density at radius 3 is 2.30 bits per heavy atom. The molecule has 1 saturated carbocycles. The van der Waals surface area contributed by atoms with Crippen molar-refractivity contribution in [3.63, 3.8) is 0 Å². The van der Waals surface area contributed by atoms with Gasteiger partial charge >= 0.3 is 6.03 Å². The van der Waals surface area contributed by atoms with Crippen molar-refractivity contribution in [2.24, 2.45) is 0 Å². The smallest absolute Gasteiger partial charge is 0.315 e. The van der Waals surface area contributed by atoms with Gasteiger partial charge in [0.2, 0.25) is 5.91 Å². The van der Waals surface area contributed by atoms with E-state index in [0.717, 1.165) is 18.4 Å². The number of carbonyl (C=O) groups excluding carboxylic acids is 3. The van der Waals surface area contributed by atoms with Gasteiger partial charge in [-0.2, -0.15) is 0 Å². The zero-order chi connectivity index (χ0) is 21.9. The number of hydrogen-bond acceptors (Lipinski definition) is 3. The van der Waals surface area contributed by atoms with Gasteiger partial charge in [0, 0.05) is 51.8 Å². The van der Waals surface area contributed by atoms with Crippen LogP contribution in [-0.2, 0) is 11.3 Å². The molecular weight excluding hydrogens is 380 g/mol. The first-order valence-electron chi connectivity index (χ1n) is 11.0.